The van der Waals surface area contributed by atoms with Gasteiger partial charge in [0.25, 0.3) is 6.20 Å². The molecule has 0 saturated carbocycles. The van der Waals surface area contributed by atoms with Crippen LogP contribution < -0.4 is 10.6 Å². The van der Waals surface area contributed by atoms with E-state index in [-0.39, 0.29) is 18.0 Å². The van der Waals surface area contributed by atoms with E-state index in [1.165, 1.54) is 89.9 Å². The Balaban J connectivity index is 4.51. The molecule has 2 N–H and O–H groups in total. The Kier molecular flexibility index (Phi) is 42.0. The van der Waals surface area contributed by atoms with E-state index in [1.54, 1.807) is 7.05 Å². The number of carbonyl (C=O) groups excluding carboxylic acids is 2. The Labute approximate surface area is 357 Å². The third kappa shape index (κ3) is 40.2. The summed E-state index contributed by atoms with van der Waals surface area (Å²) in [6, 6.07) is 0. The third-order valence-electron chi connectivity index (χ3n) is 11.0. The molecule has 0 aliphatic carbocycles. The predicted molar refractivity (Wildman–Crippen MR) is 243 cm³/mol. The van der Waals surface area contributed by atoms with Crippen molar-refractivity contribution in [2.24, 2.45) is 0 Å². The number of hydrogen-bond acceptors (Lipinski definition) is 9. The standard InChI is InChI=1S/C48H92N4O6/c1-5-8-11-14-17-26-33-43-57-47(53)37-29-22-18-24-31-40-51(42-34-39-50-46(49-4)44-52(55)56)41-32-25-19-23-30-38-48(54)58-45(35-27-20-15-12-9-6-2)36-28-21-16-13-10-7-3/h26,33,44-45,49-50H,5-25,27-32,34-43H2,1-4H3/b33-26+,46-44+. The lowest BCUT2D eigenvalue weighted by Crippen LogP contribution is -2.31. The summed E-state index contributed by atoms with van der Waals surface area (Å²) in [4.78, 5) is 37.9. The van der Waals surface area contributed by atoms with Crippen molar-refractivity contribution >= 4 is 11.9 Å². The van der Waals surface area contributed by atoms with Crippen molar-refractivity contribution < 1.29 is 24.0 Å². The van der Waals surface area contributed by atoms with Crippen LogP contribution in [0.2, 0.25) is 0 Å². The van der Waals surface area contributed by atoms with Crippen LogP contribution in [-0.2, 0) is 19.1 Å². The first-order chi connectivity index (χ1) is 28.4. The maximum absolute atomic E-state index is 12.8. The molecular formula is C48H92N4O6. The molecular weight excluding hydrogens is 729 g/mol. The lowest BCUT2D eigenvalue weighted by Gasteiger charge is -2.22. The predicted octanol–water partition coefficient (Wildman–Crippen LogP) is 12.7. The van der Waals surface area contributed by atoms with Crippen LogP contribution in [0.3, 0.4) is 0 Å². The number of carbonyl (C=O) groups is 2. The second-order valence-electron chi connectivity index (χ2n) is 16.5. The zero-order valence-corrected chi connectivity index (χ0v) is 38.3. The highest BCUT2D eigenvalue weighted by Gasteiger charge is 2.14. The van der Waals surface area contributed by atoms with E-state index < -0.39 is 4.92 Å². The third-order valence-corrected chi connectivity index (χ3v) is 11.0. The van der Waals surface area contributed by atoms with Gasteiger partial charge in [-0.1, -0.05) is 155 Å². The van der Waals surface area contributed by atoms with Crippen LogP contribution in [0.5, 0.6) is 0 Å². The zero-order valence-electron chi connectivity index (χ0n) is 38.3. The summed E-state index contributed by atoms with van der Waals surface area (Å²) in [6.45, 7) is 10.8. The molecule has 10 nitrogen and oxygen atoms in total. The maximum atomic E-state index is 12.8. The molecule has 0 atom stereocenters. The molecule has 340 valence electrons. The summed E-state index contributed by atoms with van der Waals surface area (Å²) >= 11 is 0. The molecule has 0 unspecified atom stereocenters. The van der Waals surface area contributed by atoms with Crippen LogP contribution in [0.4, 0.5) is 0 Å². The van der Waals surface area contributed by atoms with Gasteiger partial charge in [0.2, 0.25) is 0 Å². The van der Waals surface area contributed by atoms with E-state index in [0.717, 1.165) is 129 Å². The largest absolute Gasteiger partial charge is 0.462 e. The first kappa shape index (κ1) is 55.4. The van der Waals surface area contributed by atoms with Gasteiger partial charge in [0.15, 0.2) is 5.82 Å². The van der Waals surface area contributed by atoms with Crippen LogP contribution in [0.25, 0.3) is 0 Å². The van der Waals surface area contributed by atoms with Gasteiger partial charge in [-0.2, -0.15) is 0 Å². The summed E-state index contributed by atoms with van der Waals surface area (Å²) in [5, 5.41) is 16.9. The van der Waals surface area contributed by atoms with Crippen LogP contribution in [0.15, 0.2) is 24.2 Å². The second kappa shape index (κ2) is 43.9. The average molecular weight is 821 g/mol. The van der Waals surface area contributed by atoms with Gasteiger partial charge in [0.1, 0.15) is 12.7 Å². The number of allylic oxidation sites excluding steroid dienone is 1. The second-order valence-corrected chi connectivity index (χ2v) is 16.5. The fourth-order valence-corrected chi connectivity index (χ4v) is 7.34. The molecule has 0 spiro atoms. The fourth-order valence-electron chi connectivity index (χ4n) is 7.34. The Morgan fingerprint density at radius 1 is 0.603 bits per heavy atom. The first-order valence-corrected chi connectivity index (χ1v) is 24.3. The van der Waals surface area contributed by atoms with Gasteiger partial charge < -0.3 is 25.0 Å². The zero-order chi connectivity index (χ0) is 42.6. The van der Waals surface area contributed by atoms with Gasteiger partial charge in [-0.25, -0.2) is 0 Å². The molecule has 0 aromatic carbocycles. The number of rotatable bonds is 45. The fraction of sp³-hybridized carbons (Fsp3) is 0.875. The molecule has 0 aromatic heterocycles. The molecule has 0 rings (SSSR count). The van der Waals surface area contributed by atoms with Crippen molar-refractivity contribution in [1.29, 1.82) is 0 Å². The minimum atomic E-state index is -0.448. The van der Waals surface area contributed by atoms with Crippen LogP contribution in [0, 0.1) is 10.1 Å². The number of nitrogens with one attached hydrogen (secondary N) is 2. The lowest BCUT2D eigenvalue weighted by atomic mass is 10.0. The van der Waals surface area contributed by atoms with Gasteiger partial charge >= 0.3 is 11.9 Å². The van der Waals surface area contributed by atoms with Gasteiger partial charge in [0.05, 0.1) is 4.92 Å². The summed E-state index contributed by atoms with van der Waals surface area (Å²) in [7, 11) is 1.68. The Hall–Kier alpha value is -2.62. The van der Waals surface area contributed by atoms with Crippen LogP contribution in [0.1, 0.15) is 226 Å². The highest BCUT2D eigenvalue weighted by molar-refractivity contribution is 5.69. The Bertz CT molecular complexity index is 991. The van der Waals surface area contributed by atoms with Crippen molar-refractivity contribution in [2.45, 2.75) is 232 Å². The number of nitro groups is 1. The van der Waals surface area contributed by atoms with E-state index in [9.17, 15) is 19.7 Å². The number of nitrogens with zero attached hydrogens (tertiary/aromatic N) is 2. The highest BCUT2D eigenvalue weighted by atomic mass is 16.6. The summed E-state index contributed by atoms with van der Waals surface area (Å²) in [5.41, 5.74) is 0. The molecule has 0 fully saturated rings. The van der Waals surface area contributed by atoms with E-state index in [2.05, 4.69) is 42.4 Å². The summed E-state index contributed by atoms with van der Waals surface area (Å²) in [6.07, 6.45) is 41.0. The molecule has 0 saturated heterocycles. The van der Waals surface area contributed by atoms with Crippen LogP contribution >= 0.6 is 0 Å². The molecule has 0 amide bonds. The summed E-state index contributed by atoms with van der Waals surface area (Å²) in [5.74, 6) is 0.313. The van der Waals surface area contributed by atoms with E-state index in [0.29, 0.717) is 31.8 Å². The first-order valence-electron chi connectivity index (χ1n) is 24.3. The minimum absolute atomic E-state index is 0.00704. The number of ether oxygens (including phenoxy) is 2. The van der Waals surface area contributed by atoms with Crippen molar-refractivity contribution in [2.75, 3.05) is 39.8 Å². The molecule has 0 bridgehead atoms. The lowest BCUT2D eigenvalue weighted by molar-refractivity contribution is -0.404. The Morgan fingerprint density at radius 3 is 1.60 bits per heavy atom. The van der Waals surface area contributed by atoms with Gasteiger partial charge in [-0.3, -0.25) is 19.7 Å². The van der Waals surface area contributed by atoms with Crippen molar-refractivity contribution in [3.8, 4) is 0 Å². The van der Waals surface area contributed by atoms with Gasteiger partial charge in [-0.05, 0) is 90.3 Å². The molecule has 0 heterocycles. The maximum Gasteiger partial charge on any atom is 0.306 e. The monoisotopic (exact) mass is 821 g/mol. The van der Waals surface area contributed by atoms with Gasteiger partial charge in [-0.15, -0.1) is 0 Å². The van der Waals surface area contributed by atoms with Crippen LogP contribution in [-0.4, -0.2) is 67.7 Å². The minimum Gasteiger partial charge on any atom is -0.462 e. The summed E-state index contributed by atoms with van der Waals surface area (Å²) < 4.78 is 11.4. The smallest absolute Gasteiger partial charge is 0.306 e. The van der Waals surface area contributed by atoms with Crippen molar-refractivity contribution in [3.63, 3.8) is 0 Å². The van der Waals surface area contributed by atoms with Crippen molar-refractivity contribution in [3.05, 3.63) is 34.3 Å². The van der Waals surface area contributed by atoms with Crippen molar-refractivity contribution in [1.82, 2.24) is 15.5 Å². The molecule has 0 radical (unpaired) electrons. The van der Waals surface area contributed by atoms with E-state index in [1.807, 2.05) is 6.08 Å². The number of unbranched alkanes of at least 4 members (excludes halogenated alkanes) is 22. The normalized spacial score (nSPS) is 11.9. The van der Waals surface area contributed by atoms with Gasteiger partial charge in [0, 0.05) is 26.4 Å². The SMILES string of the molecule is CCCCCC/C=C/COC(=O)CCCCCCCN(CCCCCCCC(=O)OC(CCCCCCCC)CCCCCCCC)CCCN/C(=C/[N+](=O)[O-])NC. The molecule has 0 aliphatic heterocycles. The number of esters is 2. The molecule has 0 aliphatic rings. The van der Waals surface area contributed by atoms with E-state index >= 15 is 0 Å². The Morgan fingerprint density at radius 2 is 1.07 bits per heavy atom. The average Bonchev–Trinajstić information content (AvgIpc) is 3.21. The quantitative estimate of drug-likeness (QED) is 0.0203. The highest BCUT2D eigenvalue weighted by Crippen LogP contribution is 2.18. The molecule has 10 heteroatoms. The molecule has 58 heavy (non-hydrogen) atoms. The topological polar surface area (TPSA) is 123 Å². The van der Waals surface area contributed by atoms with E-state index in [4.69, 9.17) is 9.47 Å². The molecule has 0 aromatic rings. The number of hydrogen-bond donors (Lipinski definition) is 2.